The third kappa shape index (κ3) is 4.70. The molecule has 5 heteroatoms. The highest BCUT2D eigenvalue weighted by molar-refractivity contribution is 5.76. The van der Waals surface area contributed by atoms with Gasteiger partial charge in [0.15, 0.2) is 0 Å². The summed E-state index contributed by atoms with van der Waals surface area (Å²) in [6, 6.07) is 8.63. The molecule has 2 aromatic rings. The Morgan fingerprint density at radius 3 is 2.64 bits per heavy atom. The van der Waals surface area contributed by atoms with E-state index in [1.165, 1.54) is 11.1 Å². The van der Waals surface area contributed by atoms with Crippen LogP contribution in [0, 0.1) is 6.92 Å². The van der Waals surface area contributed by atoms with E-state index in [9.17, 15) is 4.79 Å². The van der Waals surface area contributed by atoms with Crippen molar-refractivity contribution in [2.24, 2.45) is 0 Å². The van der Waals surface area contributed by atoms with Gasteiger partial charge in [0, 0.05) is 19.2 Å². The van der Waals surface area contributed by atoms with Gasteiger partial charge in [0.05, 0.1) is 12.2 Å². The Bertz CT molecular complexity index is 575. The second kappa shape index (κ2) is 7.75. The molecule has 0 aliphatic heterocycles. The SMILES string of the molecule is Cc1ccc([C@H](CNC(=O)CCc2cn[nH]c2)N(C)C)cc1. The third-order valence-corrected chi connectivity index (χ3v) is 3.77. The first-order valence-corrected chi connectivity index (χ1v) is 7.53. The van der Waals surface area contributed by atoms with E-state index in [0.717, 1.165) is 5.56 Å². The van der Waals surface area contributed by atoms with Crippen molar-refractivity contribution in [1.82, 2.24) is 20.4 Å². The lowest BCUT2D eigenvalue weighted by molar-refractivity contribution is -0.121. The number of amides is 1. The zero-order valence-electron chi connectivity index (χ0n) is 13.5. The first-order chi connectivity index (χ1) is 10.6. The number of carbonyl (C=O) groups is 1. The number of likely N-dealkylation sites (N-methyl/N-ethyl adjacent to an activating group) is 1. The van der Waals surface area contributed by atoms with Crippen molar-refractivity contribution in [1.29, 1.82) is 0 Å². The molecular weight excluding hydrogens is 276 g/mol. The average Bonchev–Trinajstić information content (AvgIpc) is 3.00. The average molecular weight is 300 g/mol. The van der Waals surface area contributed by atoms with Crippen LogP contribution < -0.4 is 5.32 Å². The molecule has 0 radical (unpaired) electrons. The van der Waals surface area contributed by atoms with E-state index >= 15 is 0 Å². The van der Waals surface area contributed by atoms with Crippen LogP contribution in [0.3, 0.4) is 0 Å². The molecule has 118 valence electrons. The monoisotopic (exact) mass is 300 g/mol. The second-order valence-electron chi connectivity index (χ2n) is 5.80. The molecule has 0 saturated heterocycles. The summed E-state index contributed by atoms with van der Waals surface area (Å²) in [6.45, 7) is 2.69. The van der Waals surface area contributed by atoms with Crippen LogP contribution in [0.15, 0.2) is 36.7 Å². The lowest BCUT2D eigenvalue weighted by Crippen LogP contribution is -2.34. The molecule has 1 aromatic carbocycles. The minimum absolute atomic E-state index is 0.0696. The molecule has 1 amide bonds. The first-order valence-electron chi connectivity index (χ1n) is 7.53. The zero-order valence-corrected chi connectivity index (χ0v) is 13.5. The molecule has 22 heavy (non-hydrogen) atoms. The van der Waals surface area contributed by atoms with Gasteiger partial charge in [0.2, 0.25) is 5.91 Å². The van der Waals surface area contributed by atoms with Crippen LogP contribution in [-0.2, 0) is 11.2 Å². The van der Waals surface area contributed by atoms with Gasteiger partial charge in [-0.1, -0.05) is 29.8 Å². The largest absolute Gasteiger partial charge is 0.354 e. The summed E-state index contributed by atoms with van der Waals surface area (Å²) in [5.41, 5.74) is 3.51. The molecule has 0 bridgehead atoms. The van der Waals surface area contributed by atoms with Gasteiger partial charge in [-0.25, -0.2) is 0 Å². The molecule has 0 fully saturated rings. The van der Waals surface area contributed by atoms with Crippen molar-refractivity contribution < 1.29 is 4.79 Å². The molecule has 0 saturated carbocycles. The van der Waals surface area contributed by atoms with Gasteiger partial charge in [0.25, 0.3) is 0 Å². The molecule has 0 aliphatic carbocycles. The molecule has 2 N–H and O–H groups in total. The van der Waals surface area contributed by atoms with Gasteiger partial charge in [-0.3, -0.25) is 9.89 Å². The minimum Gasteiger partial charge on any atom is -0.354 e. The Morgan fingerprint density at radius 2 is 2.05 bits per heavy atom. The highest BCUT2D eigenvalue weighted by Crippen LogP contribution is 2.17. The smallest absolute Gasteiger partial charge is 0.220 e. The summed E-state index contributed by atoms with van der Waals surface area (Å²) in [5, 5.41) is 9.67. The Hall–Kier alpha value is -2.14. The molecule has 1 aromatic heterocycles. The highest BCUT2D eigenvalue weighted by Gasteiger charge is 2.15. The molecule has 0 spiro atoms. The number of hydrogen-bond acceptors (Lipinski definition) is 3. The summed E-state index contributed by atoms with van der Waals surface area (Å²) in [7, 11) is 4.06. The number of carbonyl (C=O) groups excluding carboxylic acids is 1. The summed E-state index contributed by atoms with van der Waals surface area (Å²) in [6.07, 6.45) is 4.76. The zero-order chi connectivity index (χ0) is 15.9. The fourth-order valence-corrected chi connectivity index (χ4v) is 2.36. The Morgan fingerprint density at radius 1 is 1.32 bits per heavy atom. The Labute approximate surface area is 131 Å². The van der Waals surface area contributed by atoms with Crippen molar-refractivity contribution in [3.8, 4) is 0 Å². The molecule has 2 rings (SSSR count). The highest BCUT2D eigenvalue weighted by atomic mass is 16.1. The van der Waals surface area contributed by atoms with E-state index in [0.29, 0.717) is 19.4 Å². The number of aromatic amines is 1. The van der Waals surface area contributed by atoms with E-state index in [2.05, 4.69) is 51.6 Å². The molecule has 1 atom stereocenters. The number of H-pyrrole nitrogens is 1. The van der Waals surface area contributed by atoms with Crippen LogP contribution in [0.1, 0.15) is 29.2 Å². The fraction of sp³-hybridized carbons (Fsp3) is 0.412. The summed E-state index contributed by atoms with van der Waals surface area (Å²) in [5.74, 6) is 0.0696. The van der Waals surface area contributed by atoms with E-state index < -0.39 is 0 Å². The van der Waals surface area contributed by atoms with Gasteiger partial charge in [-0.2, -0.15) is 5.10 Å². The first kappa shape index (κ1) is 16.2. The topological polar surface area (TPSA) is 61.0 Å². The van der Waals surface area contributed by atoms with Gasteiger partial charge >= 0.3 is 0 Å². The third-order valence-electron chi connectivity index (χ3n) is 3.77. The fourth-order valence-electron chi connectivity index (χ4n) is 2.36. The summed E-state index contributed by atoms with van der Waals surface area (Å²) in [4.78, 5) is 14.1. The second-order valence-corrected chi connectivity index (χ2v) is 5.80. The van der Waals surface area contributed by atoms with Crippen molar-refractivity contribution in [3.63, 3.8) is 0 Å². The van der Waals surface area contributed by atoms with Gasteiger partial charge in [-0.05, 0) is 38.6 Å². The van der Waals surface area contributed by atoms with Gasteiger partial charge in [-0.15, -0.1) is 0 Å². The van der Waals surface area contributed by atoms with E-state index in [-0.39, 0.29) is 11.9 Å². The molecule has 0 aliphatic rings. The summed E-state index contributed by atoms with van der Waals surface area (Å²) < 4.78 is 0. The molecule has 5 nitrogen and oxygen atoms in total. The van der Waals surface area contributed by atoms with Crippen LogP contribution in [0.4, 0.5) is 0 Å². The van der Waals surface area contributed by atoms with Crippen molar-refractivity contribution >= 4 is 5.91 Å². The van der Waals surface area contributed by atoms with Crippen molar-refractivity contribution in [2.75, 3.05) is 20.6 Å². The summed E-state index contributed by atoms with van der Waals surface area (Å²) >= 11 is 0. The quantitative estimate of drug-likeness (QED) is 0.823. The maximum Gasteiger partial charge on any atom is 0.220 e. The Balaban J connectivity index is 1.86. The normalized spacial score (nSPS) is 12.4. The lowest BCUT2D eigenvalue weighted by Gasteiger charge is -2.25. The van der Waals surface area contributed by atoms with E-state index in [1.807, 2.05) is 20.3 Å². The van der Waals surface area contributed by atoms with E-state index in [4.69, 9.17) is 0 Å². The van der Waals surface area contributed by atoms with Crippen LogP contribution in [0.25, 0.3) is 0 Å². The van der Waals surface area contributed by atoms with Crippen molar-refractivity contribution in [2.45, 2.75) is 25.8 Å². The van der Waals surface area contributed by atoms with Gasteiger partial charge < -0.3 is 10.2 Å². The number of aromatic nitrogens is 2. The van der Waals surface area contributed by atoms with E-state index in [1.54, 1.807) is 6.20 Å². The van der Waals surface area contributed by atoms with Gasteiger partial charge in [0.1, 0.15) is 0 Å². The van der Waals surface area contributed by atoms with Crippen LogP contribution >= 0.6 is 0 Å². The molecular formula is C17H24N4O. The molecule has 1 heterocycles. The van der Waals surface area contributed by atoms with Crippen molar-refractivity contribution in [3.05, 3.63) is 53.3 Å². The lowest BCUT2D eigenvalue weighted by atomic mass is 10.0. The number of rotatable bonds is 7. The van der Waals surface area contributed by atoms with Crippen LogP contribution in [0.5, 0.6) is 0 Å². The van der Waals surface area contributed by atoms with Crippen LogP contribution in [-0.4, -0.2) is 41.6 Å². The predicted molar refractivity (Wildman–Crippen MR) is 87.5 cm³/mol. The Kier molecular flexibility index (Phi) is 5.72. The molecule has 0 unspecified atom stereocenters. The van der Waals surface area contributed by atoms with Crippen LogP contribution in [0.2, 0.25) is 0 Å². The maximum atomic E-state index is 12.0. The number of nitrogens with one attached hydrogen (secondary N) is 2. The standard InChI is InChI=1S/C17H24N4O/c1-13-4-7-15(8-5-13)16(21(2)3)12-18-17(22)9-6-14-10-19-20-11-14/h4-5,7-8,10-11,16H,6,9,12H2,1-3H3,(H,18,22)(H,19,20)/t16-/m0/s1. The number of aryl methyl sites for hydroxylation is 2. The maximum absolute atomic E-state index is 12.0. The predicted octanol–water partition coefficient (Wildman–Crippen LogP) is 2.07. The number of benzene rings is 1. The number of nitrogens with zero attached hydrogens (tertiary/aromatic N) is 2. The number of hydrogen-bond donors (Lipinski definition) is 2. The minimum atomic E-state index is 0.0696.